The molecular formula is C15H14N4O3. The Morgan fingerprint density at radius 2 is 2.00 bits per heavy atom. The Balaban J connectivity index is 2.04. The van der Waals surface area contributed by atoms with Crippen LogP contribution in [0.4, 0.5) is 0 Å². The maximum absolute atomic E-state index is 12.4. The zero-order chi connectivity index (χ0) is 15.7. The van der Waals surface area contributed by atoms with Gasteiger partial charge in [-0.25, -0.2) is 0 Å². The number of hydrogen-bond acceptors (Lipinski definition) is 6. The van der Waals surface area contributed by atoms with Gasteiger partial charge in [0.1, 0.15) is 17.0 Å². The number of ether oxygens (including phenoxy) is 1. The summed E-state index contributed by atoms with van der Waals surface area (Å²) in [6.45, 7) is 3.38. The van der Waals surface area contributed by atoms with Crippen LogP contribution in [0.25, 0.3) is 11.1 Å². The molecular weight excluding hydrogens is 284 g/mol. The van der Waals surface area contributed by atoms with Crippen molar-refractivity contribution in [1.29, 1.82) is 0 Å². The van der Waals surface area contributed by atoms with Crippen molar-refractivity contribution in [2.24, 2.45) is 5.10 Å². The van der Waals surface area contributed by atoms with E-state index in [0.29, 0.717) is 16.9 Å². The number of benzene rings is 1. The summed E-state index contributed by atoms with van der Waals surface area (Å²) < 4.78 is 11.3. The van der Waals surface area contributed by atoms with Crippen LogP contribution >= 0.6 is 0 Å². The molecule has 0 amide bonds. The molecule has 0 aliphatic carbocycles. The zero-order valence-corrected chi connectivity index (χ0v) is 12.4. The van der Waals surface area contributed by atoms with Crippen molar-refractivity contribution in [2.45, 2.75) is 13.8 Å². The molecule has 0 saturated heterocycles. The minimum absolute atomic E-state index is 0.232. The van der Waals surface area contributed by atoms with Gasteiger partial charge in [0.25, 0.3) is 11.3 Å². The van der Waals surface area contributed by atoms with Crippen molar-refractivity contribution in [3.8, 4) is 5.75 Å². The Labute approximate surface area is 125 Å². The monoisotopic (exact) mass is 298 g/mol. The molecule has 0 aliphatic rings. The van der Waals surface area contributed by atoms with Gasteiger partial charge in [0.15, 0.2) is 0 Å². The quantitative estimate of drug-likeness (QED) is 0.690. The van der Waals surface area contributed by atoms with E-state index < -0.39 is 0 Å². The Bertz CT molecular complexity index is 907. The van der Waals surface area contributed by atoms with Gasteiger partial charge in [-0.3, -0.25) is 4.79 Å². The fourth-order valence-electron chi connectivity index (χ4n) is 2.08. The molecule has 2 heterocycles. The highest BCUT2D eigenvalue weighted by molar-refractivity contribution is 5.80. The Kier molecular flexibility index (Phi) is 3.46. The SMILES string of the molecule is COc1ccc(/C=N/n2c(C)nc3onc(C)c3c2=O)cc1. The minimum atomic E-state index is -0.300. The maximum atomic E-state index is 12.4. The lowest BCUT2D eigenvalue weighted by Gasteiger charge is -2.02. The molecule has 0 N–H and O–H groups in total. The molecule has 3 rings (SSSR count). The summed E-state index contributed by atoms with van der Waals surface area (Å²) in [5.41, 5.74) is 1.28. The van der Waals surface area contributed by atoms with E-state index >= 15 is 0 Å². The van der Waals surface area contributed by atoms with E-state index in [4.69, 9.17) is 9.26 Å². The van der Waals surface area contributed by atoms with Gasteiger partial charge in [0.05, 0.1) is 19.0 Å². The standard InChI is InChI=1S/C15H14N4O3/c1-9-13-14(22-18-9)17-10(2)19(15(13)20)16-8-11-4-6-12(21-3)7-5-11/h4-8H,1-3H3/b16-8+. The molecule has 0 spiro atoms. The lowest BCUT2D eigenvalue weighted by atomic mass is 10.2. The molecule has 0 aliphatic heterocycles. The first-order valence-corrected chi connectivity index (χ1v) is 6.64. The second-order valence-electron chi connectivity index (χ2n) is 4.74. The Hall–Kier alpha value is -2.96. The van der Waals surface area contributed by atoms with Crippen molar-refractivity contribution in [1.82, 2.24) is 14.8 Å². The molecule has 0 radical (unpaired) electrons. The minimum Gasteiger partial charge on any atom is -0.497 e. The van der Waals surface area contributed by atoms with Crippen LogP contribution in [-0.4, -0.2) is 28.1 Å². The molecule has 3 aromatic rings. The number of fused-ring (bicyclic) bond motifs is 1. The molecule has 1 aromatic carbocycles. The molecule has 0 fully saturated rings. The van der Waals surface area contributed by atoms with Crippen LogP contribution < -0.4 is 10.3 Å². The fraction of sp³-hybridized carbons (Fsp3) is 0.200. The van der Waals surface area contributed by atoms with Crippen molar-refractivity contribution < 1.29 is 9.26 Å². The highest BCUT2D eigenvalue weighted by Crippen LogP contribution is 2.12. The molecule has 7 heteroatoms. The number of rotatable bonds is 3. The van der Waals surface area contributed by atoms with E-state index in [2.05, 4.69) is 15.2 Å². The first kappa shape index (κ1) is 14.0. The lowest BCUT2D eigenvalue weighted by Crippen LogP contribution is -2.20. The average molecular weight is 298 g/mol. The van der Waals surface area contributed by atoms with Gasteiger partial charge >= 0.3 is 0 Å². The van der Waals surface area contributed by atoms with Gasteiger partial charge in [0, 0.05) is 0 Å². The first-order valence-electron chi connectivity index (χ1n) is 6.64. The van der Waals surface area contributed by atoms with Gasteiger partial charge in [-0.15, -0.1) is 0 Å². The second-order valence-corrected chi connectivity index (χ2v) is 4.74. The van der Waals surface area contributed by atoms with Gasteiger partial charge in [-0.2, -0.15) is 14.8 Å². The molecule has 0 saturated carbocycles. The third-order valence-electron chi connectivity index (χ3n) is 3.26. The predicted molar refractivity (Wildman–Crippen MR) is 81.5 cm³/mol. The van der Waals surface area contributed by atoms with Gasteiger partial charge in [-0.05, 0) is 43.7 Å². The lowest BCUT2D eigenvalue weighted by molar-refractivity contribution is 0.415. The van der Waals surface area contributed by atoms with Crippen molar-refractivity contribution in [3.05, 3.63) is 51.7 Å². The predicted octanol–water partition coefficient (Wildman–Crippen LogP) is 1.89. The van der Waals surface area contributed by atoms with E-state index in [1.165, 1.54) is 4.68 Å². The van der Waals surface area contributed by atoms with Crippen LogP contribution in [0.1, 0.15) is 17.1 Å². The van der Waals surface area contributed by atoms with Crippen LogP contribution in [-0.2, 0) is 0 Å². The van der Waals surface area contributed by atoms with E-state index in [1.807, 2.05) is 24.3 Å². The molecule has 0 atom stereocenters. The van der Waals surface area contributed by atoms with E-state index in [0.717, 1.165) is 11.3 Å². The smallest absolute Gasteiger partial charge is 0.287 e. The van der Waals surface area contributed by atoms with Crippen molar-refractivity contribution >= 4 is 17.3 Å². The number of nitrogens with zero attached hydrogens (tertiary/aromatic N) is 4. The molecule has 22 heavy (non-hydrogen) atoms. The van der Waals surface area contributed by atoms with E-state index in [1.54, 1.807) is 27.2 Å². The Morgan fingerprint density at radius 3 is 2.68 bits per heavy atom. The summed E-state index contributed by atoms with van der Waals surface area (Å²) in [7, 11) is 1.61. The number of aryl methyl sites for hydroxylation is 2. The Morgan fingerprint density at radius 1 is 1.27 bits per heavy atom. The summed E-state index contributed by atoms with van der Waals surface area (Å²) in [4.78, 5) is 16.6. The van der Waals surface area contributed by atoms with E-state index in [-0.39, 0.29) is 11.3 Å². The normalized spacial score (nSPS) is 11.4. The van der Waals surface area contributed by atoms with E-state index in [9.17, 15) is 4.79 Å². The second kappa shape index (κ2) is 5.44. The van der Waals surface area contributed by atoms with Gasteiger partial charge in [0.2, 0.25) is 0 Å². The summed E-state index contributed by atoms with van der Waals surface area (Å²) in [6, 6.07) is 7.34. The molecule has 2 aromatic heterocycles. The molecule has 112 valence electrons. The number of aromatic nitrogens is 3. The van der Waals surface area contributed by atoms with Crippen LogP contribution in [0.15, 0.2) is 38.7 Å². The summed E-state index contributed by atoms with van der Waals surface area (Å²) in [6.07, 6.45) is 1.59. The molecule has 0 unspecified atom stereocenters. The van der Waals surface area contributed by atoms with Crippen molar-refractivity contribution in [3.63, 3.8) is 0 Å². The number of methoxy groups -OCH3 is 1. The third kappa shape index (κ3) is 2.37. The highest BCUT2D eigenvalue weighted by Gasteiger charge is 2.14. The first-order chi connectivity index (χ1) is 10.6. The highest BCUT2D eigenvalue weighted by atomic mass is 16.5. The summed E-state index contributed by atoms with van der Waals surface area (Å²) in [5, 5.41) is 8.31. The van der Waals surface area contributed by atoms with Crippen LogP contribution in [0, 0.1) is 13.8 Å². The molecule has 7 nitrogen and oxygen atoms in total. The summed E-state index contributed by atoms with van der Waals surface area (Å²) >= 11 is 0. The zero-order valence-electron chi connectivity index (χ0n) is 12.4. The van der Waals surface area contributed by atoms with Crippen LogP contribution in [0.3, 0.4) is 0 Å². The van der Waals surface area contributed by atoms with Gasteiger partial charge in [-0.1, -0.05) is 5.16 Å². The maximum Gasteiger partial charge on any atom is 0.287 e. The third-order valence-corrected chi connectivity index (χ3v) is 3.26. The van der Waals surface area contributed by atoms with Crippen LogP contribution in [0.2, 0.25) is 0 Å². The fourth-order valence-corrected chi connectivity index (χ4v) is 2.08. The largest absolute Gasteiger partial charge is 0.497 e. The number of hydrogen-bond donors (Lipinski definition) is 0. The van der Waals surface area contributed by atoms with Gasteiger partial charge < -0.3 is 9.26 Å². The van der Waals surface area contributed by atoms with Crippen LogP contribution in [0.5, 0.6) is 5.75 Å². The van der Waals surface area contributed by atoms with Crippen molar-refractivity contribution in [2.75, 3.05) is 7.11 Å². The average Bonchev–Trinajstić information content (AvgIpc) is 2.88. The topological polar surface area (TPSA) is 82.5 Å². The summed E-state index contributed by atoms with van der Waals surface area (Å²) in [5.74, 6) is 1.19. The molecule has 0 bridgehead atoms.